The van der Waals surface area contributed by atoms with E-state index in [0.29, 0.717) is 28.2 Å². The molecule has 1 aromatic carbocycles. The summed E-state index contributed by atoms with van der Waals surface area (Å²) in [4.78, 5) is 12.4. The van der Waals surface area contributed by atoms with Crippen LogP contribution >= 0.6 is 11.6 Å². The first-order chi connectivity index (χ1) is 10.2. The van der Waals surface area contributed by atoms with Crippen molar-refractivity contribution in [3.05, 3.63) is 28.8 Å². The molecule has 2 N–H and O–H groups in total. The molecule has 3 atom stereocenters. The molecule has 21 heavy (non-hydrogen) atoms. The van der Waals surface area contributed by atoms with Crippen LogP contribution < -0.4 is 10.6 Å². The van der Waals surface area contributed by atoms with E-state index in [-0.39, 0.29) is 11.9 Å². The number of nitrogens with zero attached hydrogens (tertiary/aromatic N) is 1. The number of nitriles is 1. The van der Waals surface area contributed by atoms with Gasteiger partial charge in [-0.05, 0) is 43.4 Å². The summed E-state index contributed by atoms with van der Waals surface area (Å²) in [6.07, 6.45) is 5.84. The molecule has 2 fully saturated rings. The maximum absolute atomic E-state index is 12.4. The van der Waals surface area contributed by atoms with E-state index >= 15 is 0 Å². The van der Waals surface area contributed by atoms with Crippen LogP contribution in [-0.2, 0) is 4.79 Å². The molecular weight excluding hydrogens is 286 g/mol. The lowest BCUT2D eigenvalue weighted by Crippen LogP contribution is -2.39. The smallest absolute Gasteiger partial charge is 0.241 e. The third kappa shape index (κ3) is 3.04. The largest absolute Gasteiger partial charge is 0.325 e. The summed E-state index contributed by atoms with van der Waals surface area (Å²) in [5.41, 5.74) is 1.00. The molecule has 0 spiro atoms. The first kappa shape index (κ1) is 14.4. The predicted molar refractivity (Wildman–Crippen MR) is 82.1 cm³/mol. The minimum atomic E-state index is -0.126. The second-order valence-corrected chi connectivity index (χ2v) is 6.31. The average molecular weight is 304 g/mol. The van der Waals surface area contributed by atoms with Gasteiger partial charge in [-0.3, -0.25) is 4.79 Å². The van der Waals surface area contributed by atoms with E-state index in [9.17, 15) is 4.79 Å². The standard InChI is InChI=1S/C16H18ClN3O/c17-13-6-5-12(7-11(13)9-18)19-16(21)15-8-10-3-1-2-4-14(10)20-15/h5-7,10,14-15,20H,1-4,8H2,(H,19,21). The van der Waals surface area contributed by atoms with Crippen LogP contribution in [0.1, 0.15) is 37.7 Å². The van der Waals surface area contributed by atoms with Crippen LogP contribution in [0.5, 0.6) is 0 Å². The Balaban J connectivity index is 1.66. The second-order valence-electron chi connectivity index (χ2n) is 5.90. The Labute approximate surface area is 129 Å². The summed E-state index contributed by atoms with van der Waals surface area (Å²) in [6.45, 7) is 0. The molecule has 1 aliphatic carbocycles. The van der Waals surface area contributed by atoms with E-state index in [1.165, 1.54) is 25.7 Å². The summed E-state index contributed by atoms with van der Waals surface area (Å²) in [7, 11) is 0. The van der Waals surface area contributed by atoms with E-state index in [0.717, 1.165) is 6.42 Å². The molecule has 5 heteroatoms. The molecule has 0 bridgehead atoms. The molecule has 0 aromatic heterocycles. The van der Waals surface area contributed by atoms with Crippen molar-refractivity contribution < 1.29 is 4.79 Å². The minimum absolute atomic E-state index is 0.0180. The Bertz CT molecular complexity index is 582. The molecule has 3 unspecified atom stereocenters. The topological polar surface area (TPSA) is 64.9 Å². The summed E-state index contributed by atoms with van der Waals surface area (Å²) in [5.74, 6) is 0.616. The van der Waals surface area contributed by atoms with Crippen molar-refractivity contribution in [1.82, 2.24) is 5.32 Å². The summed E-state index contributed by atoms with van der Waals surface area (Å²) in [5, 5.41) is 15.7. The second kappa shape index (κ2) is 6.05. The minimum Gasteiger partial charge on any atom is -0.325 e. The fraction of sp³-hybridized carbons (Fsp3) is 0.500. The van der Waals surface area contributed by atoms with Crippen molar-refractivity contribution in [3.8, 4) is 6.07 Å². The molecule has 1 aromatic rings. The number of halogens is 1. The average Bonchev–Trinajstić information content (AvgIpc) is 2.93. The van der Waals surface area contributed by atoms with Crippen LogP contribution in [0.3, 0.4) is 0 Å². The maximum Gasteiger partial charge on any atom is 0.241 e. The number of rotatable bonds is 2. The van der Waals surface area contributed by atoms with Crippen LogP contribution in [0.4, 0.5) is 5.69 Å². The zero-order valence-electron chi connectivity index (χ0n) is 11.7. The number of benzene rings is 1. The van der Waals surface area contributed by atoms with Crippen molar-refractivity contribution in [3.63, 3.8) is 0 Å². The fourth-order valence-corrected chi connectivity index (χ4v) is 3.60. The van der Waals surface area contributed by atoms with Gasteiger partial charge < -0.3 is 10.6 Å². The van der Waals surface area contributed by atoms with E-state index in [2.05, 4.69) is 10.6 Å². The lowest BCUT2D eigenvalue weighted by atomic mass is 9.85. The quantitative estimate of drug-likeness (QED) is 0.882. The third-order valence-corrected chi connectivity index (χ3v) is 4.86. The molecule has 4 nitrogen and oxygen atoms in total. The molecular formula is C16H18ClN3O. The van der Waals surface area contributed by atoms with Gasteiger partial charge >= 0.3 is 0 Å². The summed E-state index contributed by atoms with van der Waals surface area (Å²) < 4.78 is 0. The fourth-order valence-electron chi connectivity index (χ4n) is 3.44. The Morgan fingerprint density at radius 3 is 2.95 bits per heavy atom. The van der Waals surface area contributed by atoms with Crippen molar-refractivity contribution in [2.24, 2.45) is 5.92 Å². The lowest BCUT2D eigenvalue weighted by molar-refractivity contribution is -0.117. The number of fused-ring (bicyclic) bond motifs is 1. The number of carbonyl (C=O) groups is 1. The Hall–Kier alpha value is -1.57. The molecule has 0 radical (unpaired) electrons. The number of hydrogen-bond acceptors (Lipinski definition) is 3. The van der Waals surface area contributed by atoms with E-state index in [1.54, 1.807) is 18.2 Å². The monoisotopic (exact) mass is 303 g/mol. The van der Waals surface area contributed by atoms with Crippen LogP contribution in [0.25, 0.3) is 0 Å². The number of nitrogens with one attached hydrogen (secondary N) is 2. The lowest BCUT2D eigenvalue weighted by Gasteiger charge is -2.24. The molecule has 3 rings (SSSR count). The van der Waals surface area contributed by atoms with Crippen LogP contribution in [0, 0.1) is 17.2 Å². The normalized spacial score (nSPS) is 27.7. The molecule has 1 saturated carbocycles. The van der Waals surface area contributed by atoms with Gasteiger partial charge in [0, 0.05) is 11.7 Å². The zero-order chi connectivity index (χ0) is 14.8. The number of hydrogen-bond donors (Lipinski definition) is 2. The van der Waals surface area contributed by atoms with E-state index < -0.39 is 0 Å². The zero-order valence-corrected chi connectivity index (χ0v) is 12.5. The third-order valence-electron chi connectivity index (χ3n) is 4.53. The van der Waals surface area contributed by atoms with E-state index in [1.807, 2.05) is 6.07 Å². The van der Waals surface area contributed by atoms with Crippen LogP contribution in [0.2, 0.25) is 5.02 Å². The Morgan fingerprint density at radius 1 is 1.38 bits per heavy atom. The first-order valence-electron chi connectivity index (χ1n) is 7.44. The number of amides is 1. The van der Waals surface area contributed by atoms with Crippen LogP contribution in [-0.4, -0.2) is 18.0 Å². The molecule has 1 aliphatic heterocycles. The molecule has 2 aliphatic rings. The number of anilines is 1. The highest BCUT2D eigenvalue weighted by molar-refractivity contribution is 6.31. The summed E-state index contributed by atoms with van der Waals surface area (Å²) in [6, 6.07) is 7.36. The van der Waals surface area contributed by atoms with Gasteiger partial charge in [-0.25, -0.2) is 0 Å². The van der Waals surface area contributed by atoms with Crippen molar-refractivity contribution >= 4 is 23.2 Å². The van der Waals surface area contributed by atoms with Crippen molar-refractivity contribution in [2.45, 2.75) is 44.2 Å². The SMILES string of the molecule is N#Cc1cc(NC(=O)C2CC3CCCCC3N2)ccc1Cl. The van der Waals surface area contributed by atoms with E-state index in [4.69, 9.17) is 16.9 Å². The highest BCUT2D eigenvalue weighted by Gasteiger charge is 2.38. The van der Waals surface area contributed by atoms with Crippen molar-refractivity contribution in [2.75, 3.05) is 5.32 Å². The van der Waals surface area contributed by atoms with Gasteiger partial charge in [-0.15, -0.1) is 0 Å². The Kier molecular flexibility index (Phi) is 4.14. The predicted octanol–water partition coefficient (Wildman–Crippen LogP) is 3.07. The summed E-state index contributed by atoms with van der Waals surface area (Å²) >= 11 is 5.90. The molecule has 1 heterocycles. The highest BCUT2D eigenvalue weighted by Crippen LogP contribution is 2.33. The van der Waals surface area contributed by atoms with Crippen molar-refractivity contribution in [1.29, 1.82) is 5.26 Å². The van der Waals surface area contributed by atoms with Gasteiger partial charge in [-0.1, -0.05) is 24.4 Å². The van der Waals surface area contributed by atoms with Gasteiger partial charge in [0.25, 0.3) is 0 Å². The highest BCUT2D eigenvalue weighted by atomic mass is 35.5. The van der Waals surface area contributed by atoms with Gasteiger partial charge in [0.05, 0.1) is 16.6 Å². The first-order valence-corrected chi connectivity index (χ1v) is 7.82. The number of carbonyl (C=O) groups excluding carboxylic acids is 1. The Morgan fingerprint density at radius 2 is 2.19 bits per heavy atom. The van der Waals surface area contributed by atoms with Crippen LogP contribution in [0.15, 0.2) is 18.2 Å². The van der Waals surface area contributed by atoms with Gasteiger partial charge in [-0.2, -0.15) is 5.26 Å². The molecule has 1 saturated heterocycles. The van der Waals surface area contributed by atoms with Gasteiger partial charge in [0.1, 0.15) is 6.07 Å². The van der Waals surface area contributed by atoms with Gasteiger partial charge in [0.2, 0.25) is 5.91 Å². The maximum atomic E-state index is 12.4. The van der Waals surface area contributed by atoms with Gasteiger partial charge in [0.15, 0.2) is 0 Å². The molecule has 110 valence electrons. The molecule has 1 amide bonds.